The van der Waals surface area contributed by atoms with Gasteiger partial charge in [0, 0.05) is 49.4 Å². The summed E-state index contributed by atoms with van der Waals surface area (Å²) in [7, 11) is 0. The molecule has 5 heteroatoms. The molecule has 318 valence electrons. The number of nitrogens with zero attached hydrogens (tertiary/aromatic N) is 3. The smallest absolute Gasteiger partial charge is 0.164 e. The van der Waals surface area contributed by atoms with Crippen LogP contribution in [-0.2, 0) is 0 Å². The maximum Gasteiger partial charge on any atom is 0.164 e. The third-order valence-corrected chi connectivity index (χ3v) is 12.9. The number of hydrogen-bond donors (Lipinski definition) is 0. The van der Waals surface area contributed by atoms with Crippen molar-refractivity contribution in [1.29, 1.82) is 0 Å². The van der Waals surface area contributed by atoms with Crippen LogP contribution < -0.4 is 0 Å². The highest BCUT2D eigenvalue weighted by molar-refractivity contribution is 6.14. The standard InChI is InChI=1S/C63H39N3O2/c1-5-16-40(17-6-1)43-30-32-45(33-31-43)61-64-62(66-63(65-61)54-28-15-29-57-58(54)55-39-46(34-35-56(55)67-57)41-18-7-2-8-19-41)49-37-47(42-20-9-3-10-21-42)36-48(38-49)51-25-14-27-53-52-26-13-24-50(59(52)68-60(51)53)44-22-11-4-12-23-44/h1-39H. The molecule has 3 heterocycles. The van der Waals surface area contributed by atoms with Crippen molar-refractivity contribution in [1.82, 2.24) is 15.0 Å². The average Bonchev–Trinajstić information content (AvgIpc) is 4.00. The summed E-state index contributed by atoms with van der Waals surface area (Å²) < 4.78 is 13.5. The lowest BCUT2D eigenvalue weighted by molar-refractivity contribution is 0.669. The van der Waals surface area contributed by atoms with Gasteiger partial charge in [0.25, 0.3) is 0 Å². The second-order valence-corrected chi connectivity index (χ2v) is 17.1. The van der Waals surface area contributed by atoms with Gasteiger partial charge in [0.05, 0.1) is 0 Å². The fourth-order valence-electron chi connectivity index (χ4n) is 9.62. The molecule has 0 aliphatic heterocycles. The summed E-state index contributed by atoms with van der Waals surface area (Å²) in [5.74, 6) is 1.67. The Morgan fingerprint density at radius 1 is 0.235 bits per heavy atom. The van der Waals surface area contributed by atoms with E-state index in [0.29, 0.717) is 17.5 Å². The van der Waals surface area contributed by atoms with E-state index in [1.165, 1.54) is 0 Å². The van der Waals surface area contributed by atoms with Crippen LogP contribution in [0.25, 0.3) is 134 Å². The molecular formula is C63H39N3O2. The molecule has 3 aromatic heterocycles. The van der Waals surface area contributed by atoms with Crippen molar-refractivity contribution in [2.75, 3.05) is 0 Å². The van der Waals surface area contributed by atoms with Gasteiger partial charge in [-0.25, -0.2) is 15.0 Å². The number of hydrogen-bond acceptors (Lipinski definition) is 5. The molecule has 5 nitrogen and oxygen atoms in total. The first-order valence-corrected chi connectivity index (χ1v) is 22.8. The van der Waals surface area contributed by atoms with Crippen LogP contribution in [0.1, 0.15) is 0 Å². The topological polar surface area (TPSA) is 65.0 Å². The first-order valence-electron chi connectivity index (χ1n) is 22.8. The Morgan fingerprint density at radius 3 is 1.34 bits per heavy atom. The Bertz CT molecular complexity index is 3990. The Hall–Kier alpha value is -9.19. The van der Waals surface area contributed by atoms with Gasteiger partial charge in [-0.2, -0.15) is 0 Å². The molecule has 0 aliphatic carbocycles. The highest BCUT2D eigenvalue weighted by atomic mass is 16.3. The van der Waals surface area contributed by atoms with E-state index in [4.69, 9.17) is 23.8 Å². The van der Waals surface area contributed by atoms with Crippen LogP contribution in [0.15, 0.2) is 245 Å². The van der Waals surface area contributed by atoms with Gasteiger partial charge in [-0.3, -0.25) is 0 Å². The first-order chi connectivity index (χ1) is 33.7. The summed E-state index contributed by atoms with van der Waals surface area (Å²) in [6.07, 6.45) is 0. The van der Waals surface area contributed by atoms with Crippen molar-refractivity contribution in [2.45, 2.75) is 0 Å². The number of furan rings is 2. The van der Waals surface area contributed by atoms with Gasteiger partial charge in [0.2, 0.25) is 0 Å². The molecular weight excluding hydrogens is 831 g/mol. The molecule has 0 radical (unpaired) electrons. The van der Waals surface area contributed by atoms with Crippen molar-refractivity contribution in [3.63, 3.8) is 0 Å². The Balaban J connectivity index is 1.03. The Labute approximate surface area is 392 Å². The van der Waals surface area contributed by atoms with E-state index in [2.05, 4.69) is 200 Å². The molecule has 13 aromatic rings. The van der Waals surface area contributed by atoms with Gasteiger partial charge in [-0.15, -0.1) is 0 Å². The first kappa shape index (κ1) is 39.2. The third kappa shape index (κ3) is 6.93. The van der Waals surface area contributed by atoms with Crippen LogP contribution >= 0.6 is 0 Å². The highest BCUT2D eigenvalue weighted by Gasteiger charge is 2.21. The molecule has 13 rings (SSSR count). The van der Waals surface area contributed by atoms with Gasteiger partial charge in [-0.05, 0) is 80.9 Å². The summed E-state index contributed by atoms with van der Waals surface area (Å²) in [5, 5.41) is 4.08. The van der Waals surface area contributed by atoms with Gasteiger partial charge >= 0.3 is 0 Å². The van der Waals surface area contributed by atoms with Crippen LogP contribution in [0.2, 0.25) is 0 Å². The molecule has 10 aromatic carbocycles. The molecule has 68 heavy (non-hydrogen) atoms. The molecule has 0 saturated carbocycles. The van der Waals surface area contributed by atoms with Crippen LogP contribution in [0.4, 0.5) is 0 Å². The molecule has 0 spiro atoms. The number of rotatable bonds is 8. The molecule has 0 amide bonds. The normalized spacial score (nSPS) is 11.5. The number of para-hydroxylation sites is 2. The predicted molar refractivity (Wildman–Crippen MR) is 278 cm³/mol. The zero-order valence-electron chi connectivity index (χ0n) is 36.7. The number of benzene rings is 10. The van der Waals surface area contributed by atoms with Gasteiger partial charge in [-0.1, -0.05) is 200 Å². The summed E-state index contributed by atoms with van der Waals surface area (Å²) in [6.45, 7) is 0. The Kier molecular flexibility index (Phi) is 9.43. The average molecular weight is 870 g/mol. The summed E-state index contributed by atoms with van der Waals surface area (Å²) in [4.78, 5) is 16.0. The van der Waals surface area contributed by atoms with Gasteiger partial charge in [0.1, 0.15) is 22.3 Å². The van der Waals surface area contributed by atoms with Gasteiger partial charge in [0.15, 0.2) is 17.5 Å². The molecule has 0 unspecified atom stereocenters. The molecule has 0 saturated heterocycles. The fourth-order valence-corrected chi connectivity index (χ4v) is 9.62. The molecule has 0 N–H and O–H groups in total. The van der Waals surface area contributed by atoms with Crippen LogP contribution in [-0.4, -0.2) is 15.0 Å². The second-order valence-electron chi connectivity index (χ2n) is 17.1. The van der Waals surface area contributed by atoms with E-state index in [-0.39, 0.29) is 0 Å². The van der Waals surface area contributed by atoms with Crippen LogP contribution in [0.5, 0.6) is 0 Å². The minimum absolute atomic E-state index is 0.550. The van der Waals surface area contributed by atoms with E-state index in [9.17, 15) is 0 Å². The SMILES string of the molecule is c1ccc(-c2ccc(-c3nc(-c4cc(-c5ccccc5)cc(-c5cccc6c5oc5c(-c7ccccc7)cccc56)c4)nc(-c4cccc5oc6ccc(-c7ccccc7)cc6c45)n3)cc2)cc1. The predicted octanol–water partition coefficient (Wildman–Crippen LogP) is 17.0. The summed E-state index contributed by atoms with van der Waals surface area (Å²) in [6, 6.07) is 82.1. The van der Waals surface area contributed by atoms with E-state index in [1.807, 2.05) is 36.4 Å². The van der Waals surface area contributed by atoms with E-state index in [1.54, 1.807) is 0 Å². The monoisotopic (exact) mass is 869 g/mol. The number of aromatic nitrogens is 3. The lowest BCUT2D eigenvalue weighted by Crippen LogP contribution is -2.01. The van der Waals surface area contributed by atoms with Crippen molar-refractivity contribution >= 4 is 43.9 Å². The largest absolute Gasteiger partial charge is 0.456 e. The van der Waals surface area contributed by atoms with Crippen molar-refractivity contribution in [3.05, 3.63) is 237 Å². The molecule has 0 fully saturated rings. The number of fused-ring (bicyclic) bond motifs is 6. The second kappa shape index (κ2) is 16.4. The van der Waals surface area contributed by atoms with Gasteiger partial charge < -0.3 is 8.83 Å². The maximum absolute atomic E-state index is 6.97. The molecule has 0 bridgehead atoms. The lowest BCUT2D eigenvalue weighted by atomic mass is 9.94. The lowest BCUT2D eigenvalue weighted by Gasteiger charge is -2.13. The highest BCUT2D eigenvalue weighted by Crippen LogP contribution is 2.43. The van der Waals surface area contributed by atoms with Crippen molar-refractivity contribution < 1.29 is 8.83 Å². The van der Waals surface area contributed by atoms with Crippen molar-refractivity contribution in [3.8, 4) is 89.8 Å². The summed E-state index contributed by atoms with van der Waals surface area (Å²) in [5.41, 5.74) is 16.6. The zero-order valence-corrected chi connectivity index (χ0v) is 36.7. The zero-order chi connectivity index (χ0) is 45.0. The van der Waals surface area contributed by atoms with E-state index < -0.39 is 0 Å². The summed E-state index contributed by atoms with van der Waals surface area (Å²) >= 11 is 0. The molecule has 0 aliphatic rings. The third-order valence-electron chi connectivity index (χ3n) is 12.9. The molecule has 0 atom stereocenters. The van der Waals surface area contributed by atoms with Crippen LogP contribution in [0.3, 0.4) is 0 Å². The van der Waals surface area contributed by atoms with E-state index in [0.717, 1.165) is 116 Å². The minimum atomic E-state index is 0.550. The fraction of sp³-hybridized carbons (Fsp3) is 0. The van der Waals surface area contributed by atoms with Crippen molar-refractivity contribution in [2.24, 2.45) is 0 Å². The minimum Gasteiger partial charge on any atom is -0.456 e. The quantitative estimate of drug-likeness (QED) is 0.152. The van der Waals surface area contributed by atoms with E-state index >= 15 is 0 Å². The Morgan fingerprint density at radius 2 is 0.691 bits per heavy atom. The van der Waals surface area contributed by atoms with Crippen LogP contribution in [0, 0.1) is 0 Å². The maximum atomic E-state index is 6.97.